The van der Waals surface area contributed by atoms with Crippen LogP contribution in [0.3, 0.4) is 0 Å². The predicted octanol–water partition coefficient (Wildman–Crippen LogP) is 3.11. The van der Waals surface area contributed by atoms with E-state index in [9.17, 15) is 0 Å². The Morgan fingerprint density at radius 3 is 2.67 bits per heavy atom. The van der Waals surface area contributed by atoms with Crippen molar-refractivity contribution in [3.8, 4) is 0 Å². The molecule has 0 saturated heterocycles. The molecule has 1 aromatic heterocycles. The first-order valence-electron chi connectivity index (χ1n) is 5.83. The summed E-state index contributed by atoms with van der Waals surface area (Å²) < 4.78 is 1.70. The maximum atomic E-state index is 6.16. The van der Waals surface area contributed by atoms with Gasteiger partial charge in [-0.15, -0.1) is 16.7 Å². The molecule has 1 aromatic carbocycles. The molecule has 0 N–H and O–H groups in total. The second-order valence-electron chi connectivity index (χ2n) is 4.40. The first-order valence-corrected chi connectivity index (χ1v) is 6.75. The van der Waals surface area contributed by atoms with E-state index in [1.54, 1.807) is 4.68 Å². The minimum absolute atomic E-state index is 0.322. The van der Waals surface area contributed by atoms with Gasteiger partial charge in [-0.1, -0.05) is 35.0 Å². The maximum Gasteiger partial charge on any atom is 0.0830 e. The lowest BCUT2D eigenvalue weighted by Gasteiger charge is -2.13. The highest BCUT2D eigenvalue weighted by atomic mass is 35.5. The van der Waals surface area contributed by atoms with Crippen LogP contribution in [0.5, 0.6) is 0 Å². The standard InChI is InChI=1S/C13H15Cl2N3/c1-18-9-12(16-17-18)7-10(8-14)6-11-4-2-3-5-13(11)15/h2-5,9-10H,6-8H2,1H3. The van der Waals surface area contributed by atoms with Gasteiger partial charge in [0.25, 0.3) is 0 Å². The van der Waals surface area contributed by atoms with Gasteiger partial charge < -0.3 is 0 Å². The average molecular weight is 284 g/mol. The second kappa shape index (κ2) is 6.21. The number of halogens is 2. The SMILES string of the molecule is Cn1cc(CC(CCl)Cc2ccccc2Cl)nn1. The lowest BCUT2D eigenvalue weighted by Crippen LogP contribution is -2.10. The lowest BCUT2D eigenvalue weighted by atomic mass is 9.96. The van der Waals surface area contributed by atoms with Gasteiger partial charge in [0.2, 0.25) is 0 Å². The average Bonchev–Trinajstić information content (AvgIpc) is 2.76. The zero-order chi connectivity index (χ0) is 13.0. The zero-order valence-electron chi connectivity index (χ0n) is 10.2. The minimum Gasteiger partial charge on any atom is -0.255 e. The van der Waals surface area contributed by atoms with Gasteiger partial charge in [0.1, 0.15) is 0 Å². The van der Waals surface area contributed by atoms with Crippen LogP contribution >= 0.6 is 23.2 Å². The maximum absolute atomic E-state index is 6.16. The molecule has 18 heavy (non-hydrogen) atoms. The third kappa shape index (κ3) is 3.47. The number of nitrogens with zero attached hydrogens (tertiary/aromatic N) is 3. The van der Waals surface area contributed by atoms with Gasteiger partial charge in [-0.3, -0.25) is 4.68 Å². The summed E-state index contributed by atoms with van der Waals surface area (Å²) in [6.45, 7) is 0. The third-order valence-corrected chi connectivity index (χ3v) is 3.64. The van der Waals surface area contributed by atoms with Gasteiger partial charge in [0, 0.05) is 24.1 Å². The van der Waals surface area contributed by atoms with Crippen LogP contribution in [-0.2, 0) is 19.9 Å². The summed E-state index contributed by atoms with van der Waals surface area (Å²) in [6.07, 6.45) is 3.61. The van der Waals surface area contributed by atoms with Crippen LogP contribution in [0.2, 0.25) is 5.02 Å². The first-order chi connectivity index (χ1) is 8.69. The highest BCUT2D eigenvalue weighted by Crippen LogP contribution is 2.21. The Morgan fingerprint density at radius 1 is 1.28 bits per heavy atom. The summed E-state index contributed by atoms with van der Waals surface area (Å²) in [4.78, 5) is 0. The summed E-state index contributed by atoms with van der Waals surface area (Å²) in [7, 11) is 1.86. The van der Waals surface area contributed by atoms with Gasteiger partial charge in [-0.05, 0) is 30.4 Å². The number of hydrogen-bond donors (Lipinski definition) is 0. The molecule has 0 bridgehead atoms. The van der Waals surface area contributed by atoms with Crippen molar-refractivity contribution in [2.75, 3.05) is 5.88 Å². The molecule has 1 atom stereocenters. The quantitative estimate of drug-likeness (QED) is 0.790. The highest BCUT2D eigenvalue weighted by Gasteiger charge is 2.13. The molecule has 5 heteroatoms. The molecule has 0 aliphatic heterocycles. The van der Waals surface area contributed by atoms with Gasteiger partial charge in [-0.2, -0.15) is 0 Å². The molecular weight excluding hydrogens is 269 g/mol. The summed E-state index contributed by atoms with van der Waals surface area (Å²) in [6, 6.07) is 7.88. The van der Waals surface area contributed by atoms with Crippen LogP contribution in [-0.4, -0.2) is 20.9 Å². The van der Waals surface area contributed by atoms with Crippen LogP contribution in [0.1, 0.15) is 11.3 Å². The van der Waals surface area contributed by atoms with E-state index in [0.29, 0.717) is 11.8 Å². The Morgan fingerprint density at radius 2 is 2.06 bits per heavy atom. The topological polar surface area (TPSA) is 30.7 Å². The fourth-order valence-corrected chi connectivity index (χ4v) is 2.37. The molecule has 0 aliphatic carbocycles. The molecule has 2 aromatic rings. The molecular formula is C13H15Cl2N3. The molecule has 0 aliphatic rings. The molecule has 2 rings (SSSR count). The summed E-state index contributed by atoms with van der Waals surface area (Å²) in [5.74, 6) is 0.908. The number of benzene rings is 1. The van der Waals surface area contributed by atoms with Crippen LogP contribution in [0.15, 0.2) is 30.5 Å². The number of aryl methyl sites for hydroxylation is 1. The monoisotopic (exact) mass is 283 g/mol. The zero-order valence-corrected chi connectivity index (χ0v) is 11.7. The van der Waals surface area contributed by atoms with E-state index in [1.807, 2.05) is 37.5 Å². The van der Waals surface area contributed by atoms with Crippen molar-refractivity contribution in [2.24, 2.45) is 13.0 Å². The lowest BCUT2D eigenvalue weighted by molar-refractivity contribution is 0.574. The van der Waals surface area contributed by atoms with Crippen molar-refractivity contribution in [1.82, 2.24) is 15.0 Å². The van der Waals surface area contributed by atoms with Crippen molar-refractivity contribution in [1.29, 1.82) is 0 Å². The van der Waals surface area contributed by atoms with Gasteiger partial charge in [0.15, 0.2) is 0 Å². The molecule has 96 valence electrons. The van der Waals surface area contributed by atoms with E-state index >= 15 is 0 Å². The van der Waals surface area contributed by atoms with E-state index in [-0.39, 0.29) is 0 Å². The Labute approximate surface area is 117 Å². The van der Waals surface area contributed by atoms with Crippen LogP contribution in [0.4, 0.5) is 0 Å². The Balaban J connectivity index is 2.04. The Kier molecular flexibility index (Phi) is 4.61. The Bertz CT molecular complexity index is 510. The third-order valence-electron chi connectivity index (χ3n) is 2.83. The normalized spacial score (nSPS) is 12.6. The molecule has 1 unspecified atom stereocenters. The van der Waals surface area contributed by atoms with Crippen molar-refractivity contribution >= 4 is 23.2 Å². The van der Waals surface area contributed by atoms with E-state index < -0.39 is 0 Å². The van der Waals surface area contributed by atoms with Crippen molar-refractivity contribution in [3.05, 3.63) is 46.7 Å². The van der Waals surface area contributed by atoms with E-state index in [1.165, 1.54) is 0 Å². The number of aromatic nitrogens is 3. The van der Waals surface area contributed by atoms with Crippen LogP contribution in [0, 0.1) is 5.92 Å². The largest absolute Gasteiger partial charge is 0.255 e. The van der Waals surface area contributed by atoms with Gasteiger partial charge >= 0.3 is 0 Å². The van der Waals surface area contributed by atoms with E-state index in [4.69, 9.17) is 23.2 Å². The van der Waals surface area contributed by atoms with Gasteiger partial charge in [0.05, 0.1) is 5.69 Å². The van der Waals surface area contributed by atoms with Crippen LogP contribution in [0.25, 0.3) is 0 Å². The minimum atomic E-state index is 0.322. The van der Waals surface area contributed by atoms with Crippen LogP contribution < -0.4 is 0 Å². The summed E-state index contributed by atoms with van der Waals surface area (Å²) >= 11 is 12.2. The first kappa shape index (κ1) is 13.4. The fourth-order valence-electron chi connectivity index (χ4n) is 1.94. The van der Waals surface area contributed by atoms with Gasteiger partial charge in [-0.25, -0.2) is 0 Å². The number of rotatable bonds is 5. The van der Waals surface area contributed by atoms with Crippen molar-refractivity contribution in [3.63, 3.8) is 0 Å². The summed E-state index contributed by atoms with van der Waals surface area (Å²) in [5, 5.41) is 8.81. The number of hydrogen-bond acceptors (Lipinski definition) is 2. The highest BCUT2D eigenvalue weighted by molar-refractivity contribution is 6.31. The van der Waals surface area contributed by atoms with Crippen molar-refractivity contribution < 1.29 is 0 Å². The number of alkyl halides is 1. The molecule has 0 saturated carbocycles. The van der Waals surface area contributed by atoms with E-state index in [2.05, 4.69) is 10.3 Å². The molecule has 0 spiro atoms. The predicted molar refractivity (Wildman–Crippen MR) is 74.1 cm³/mol. The molecule has 3 nitrogen and oxygen atoms in total. The molecule has 0 radical (unpaired) electrons. The molecule has 0 amide bonds. The molecule has 0 fully saturated rings. The molecule has 1 heterocycles. The van der Waals surface area contributed by atoms with E-state index in [0.717, 1.165) is 29.1 Å². The second-order valence-corrected chi connectivity index (χ2v) is 5.12. The van der Waals surface area contributed by atoms with Crippen molar-refractivity contribution in [2.45, 2.75) is 12.8 Å². The fraction of sp³-hybridized carbons (Fsp3) is 0.385. The smallest absolute Gasteiger partial charge is 0.0830 e. The Hall–Kier alpha value is -1.06. The summed E-state index contributed by atoms with van der Waals surface area (Å²) in [5.41, 5.74) is 2.10.